The first-order valence-corrected chi connectivity index (χ1v) is 12.4. The third-order valence-electron chi connectivity index (χ3n) is 6.59. The molecule has 0 radical (unpaired) electrons. The van der Waals surface area contributed by atoms with Crippen molar-refractivity contribution in [2.45, 2.75) is 53.1 Å². The molecule has 6 nitrogen and oxygen atoms in total. The van der Waals surface area contributed by atoms with E-state index in [4.69, 9.17) is 16.1 Å². The lowest BCUT2D eigenvalue weighted by Gasteiger charge is -2.32. The lowest BCUT2D eigenvalue weighted by molar-refractivity contribution is -0.127. The van der Waals surface area contributed by atoms with Gasteiger partial charge >= 0.3 is 0 Å². The van der Waals surface area contributed by atoms with Gasteiger partial charge in [0, 0.05) is 16.5 Å². The number of rotatable bonds is 7. The Bertz CT molecular complexity index is 1140. The van der Waals surface area contributed by atoms with E-state index in [1.54, 1.807) is 0 Å². The Morgan fingerprint density at radius 3 is 2.62 bits per heavy atom. The molecule has 7 heteroatoms. The Hall–Kier alpha value is -2.70. The third-order valence-corrected chi connectivity index (χ3v) is 6.83. The van der Waals surface area contributed by atoms with E-state index in [9.17, 15) is 4.79 Å². The van der Waals surface area contributed by atoms with Gasteiger partial charge in [0.1, 0.15) is 0 Å². The summed E-state index contributed by atoms with van der Waals surface area (Å²) in [6.45, 7) is 10.8. The number of hydrogen-bond acceptors (Lipinski definition) is 5. The van der Waals surface area contributed by atoms with Gasteiger partial charge in [-0.2, -0.15) is 4.98 Å². The summed E-state index contributed by atoms with van der Waals surface area (Å²) in [7, 11) is 0. The van der Waals surface area contributed by atoms with E-state index < -0.39 is 0 Å². The van der Waals surface area contributed by atoms with Gasteiger partial charge < -0.3 is 9.84 Å². The highest BCUT2D eigenvalue weighted by atomic mass is 35.5. The van der Waals surface area contributed by atoms with Crippen molar-refractivity contribution in [2.24, 2.45) is 11.8 Å². The molecule has 1 aliphatic heterocycles. The quantitative estimate of drug-likeness (QED) is 0.467. The van der Waals surface area contributed by atoms with Crippen LogP contribution in [-0.2, 0) is 11.3 Å². The van der Waals surface area contributed by atoms with Crippen LogP contribution in [0.25, 0.3) is 11.4 Å². The van der Waals surface area contributed by atoms with Crippen LogP contribution in [0.2, 0.25) is 5.02 Å². The highest BCUT2D eigenvalue weighted by molar-refractivity contribution is 6.30. The van der Waals surface area contributed by atoms with Gasteiger partial charge in [-0.25, -0.2) is 0 Å². The smallest absolute Gasteiger partial charge is 0.241 e. The van der Waals surface area contributed by atoms with Gasteiger partial charge in [0.25, 0.3) is 0 Å². The maximum atomic E-state index is 13.1. The number of amides is 1. The predicted molar refractivity (Wildman–Crippen MR) is 134 cm³/mol. The number of halogens is 1. The van der Waals surface area contributed by atoms with Gasteiger partial charge in [-0.15, -0.1) is 0 Å². The largest absolute Gasteiger partial charge is 0.349 e. The lowest BCUT2D eigenvalue weighted by Crippen LogP contribution is -2.42. The van der Waals surface area contributed by atoms with Crippen molar-refractivity contribution in [3.63, 3.8) is 0 Å². The Morgan fingerprint density at radius 2 is 1.94 bits per heavy atom. The second-order valence-electron chi connectivity index (χ2n) is 9.66. The van der Waals surface area contributed by atoms with Gasteiger partial charge in [-0.3, -0.25) is 9.69 Å². The second kappa shape index (κ2) is 10.7. The topological polar surface area (TPSA) is 71.3 Å². The van der Waals surface area contributed by atoms with Crippen molar-refractivity contribution in [3.8, 4) is 11.4 Å². The van der Waals surface area contributed by atoms with E-state index in [1.165, 1.54) is 16.7 Å². The van der Waals surface area contributed by atoms with E-state index in [-0.39, 0.29) is 17.9 Å². The highest BCUT2D eigenvalue weighted by Crippen LogP contribution is 2.28. The van der Waals surface area contributed by atoms with Crippen LogP contribution in [0, 0.1) is 25.7 Å². The molecule has 180 valence electrons. The minimum Gasteiger partial charge on any atom is -0.349 e. The van der Waals surface area contributed by atoms with Crippen LogP contribution in [0.5, 0.6) is 0 Å². The number of nitrogens with zero attached hydrogens (tertiary/aromatic N) is 3. The summed E-state index contributed by atoms with van der Waals surface area (Å²) >= 11 is 6.07. The summed E-state index contributed by atoms with van der Waals surface area (Å²) in [5.74, 6) is 1.61. The summed E-state index contributed by atoms with van der Waals surface area (Å²) in [5, 5.41) is 8.08. The van der Waals surface area contributed by atoms with Crippen LogP contribution in [0.3, 0.4) is 0 Å². The van der Waals surface area contributed by atoms with Crippen molar-refractivity contribution >= 4 is 17.5 Å². The van der Waals surface area contributed by atoms with Crippen molar-refractivity contribution in [1.29, 1.82) is 0 Å². The number of carbonyl (C=O) groups excluding carboxylic acids is 1. The molecule has 0 aliphatic carbocycles. The van der Waals surface area contributed by atoms with Crippen molar-refractivity contribution in [3.05, 3.63) is 70.1 Å². The first-order chi connectivity index (χ1) is 16.3. The fourth-order valence-corrected chi connectivity index (χ4v) is 4.85. The summed E-state index contributed by atoms with van der Waals surface area (Å²) in [6, 6.07) is 13.9. The first-order valence-electron chi connectivity index (χ1n) is 12.0. The molecule has 4 rings (SSSR count). The number of benzene rings is 2. The molecule has 1 atom stereocenters. The average Bonchev–Trinajstić information content (AvgIpc) is 3.27. The number of nitrogens with one attached hydrogen (secondary N) is 1. The predicted octanol–water partition coefficient (Wildman–Crippen LogP) is 5.73. The highest BCUT2D eigenvalue weighted by Gasteiger charge is 2.29. The maximum Gasteiger partial charge on any atom is 0.241 e. The Morgan fingerprint density at radius 1 is 1.18 bits per heavy atom. The molecule has 1 saturated heterocycles. The van der Waals surface area contributed by atoms with E-state index in [0.29, 0.717) is 29.2 Å². The molecule has 1 aliphatic rings. The van der Waals surface area contributed by atoms with E-state index in [1.807, 2.05) is 24.3 Å². The number of carbonyl (C=O) groups is 1. The van der Waals surface area contributed by atoms with Crippen molar-refractivity contribution < 1.29 is 9.32 Å². The second-order valence-corrected chi connectivity index (χ2v) is 10.1. The van der Waals surface area contributed by atoms with Gasteiger partial charge in [-0.05, 0) is 69.0 Å². The van der Waals surface area contributed by atoms with Crippen molar-refractivity contribution in [2.75, 3.05) is 13.1 Å². The number of likely N-dealkylation sites (tertiary alicyclic amines) is 1. The third kappa shape index (κ3) is 5.86. The van der Waals surface area contributed by atoms with Gasteiger partial charge in [0.05, 0.1) is 12.6 Å². The molecular formula is C27H33ClN4O2. The normalized spacial score (nSPS) is 16.1. The molecule has 1 aromatic heterocycles. The Labute approximate surface area is 206 Å². The van der Waals surface area contributed by atoms with Crippen LogP contribution in [0.4, 0.5) is 0 Å². The van der Waals surface area contributed by atoms with E-state index in [0.717, 1.165) is 31.5 Å². The lowest BCUT2D eigenvalue weighted by atomic mass is 9.90. The molecule has 2 aromatic carbocycles. The van der Waals surface area contributed by atoms with Gasteiger partial charge in [-0.1, -0.05) is 66.5 Å². The first kappa shape index (κ1) is 24.4. The number of aryl methyl sites for hydroxylation is 2. The molecule has 34 heavy (non-hydrogen) atoms. The fraction of sp³-hybridized carbons (Fsp3) is 0.444. The number of aromatic nitrogens is 2. The van der Waals surface area contributed by atoms with Crippen LogP contribution < -0.4 is 5.32 Å². The summed E-state index contributed by atoms with van der Waals surface area (Å²) < 4.78 is 5.46. The van der Waals surface area contributed by atoms with Crippen LogP contribution in [0.15, 0.2) is 47.0 Å². The minimum atomic E-state index is 0.0213. The molecule has 1 amide bonds. The van der Waals surface area contributed by atoms with Crippen LogP contribution in [-0.4, -0.2) is 34.0 Å². The molecule has 0 spiro atoms. The average molecular weight is 481 g/mol. The zero-order chi connectivity index (χ0) is 24.2. The van der Waals surface area contributed by atoms with Crippen molar-refractivity contribution in [1.82, 2.24) is 20.4 Å². The monoisotopic (exact) mass is 480 g/mol. The Balaban J connectivity index is 1.32. The molecule has 3 aromatic rings. The zero-order valence-corrected chi connectivity index (χ0v) is 21.1. The maximum absolute atomic E-state index is 13.1. The fourth-order valence-electron chi connectivity index (χ4n) is 4.66. The number of hydrogen-bond donors (Lipinski definition) is 1. The molecule has 1 fully saturated rings. The van der Waals surface area contributed by atoms with Gasteiger partial charge in [0.15, 0.2) is 0 Å². The summed E-state index contributed by atoms with van der Waals surface area (Å²) in [4.78, 5) is 19.9. The van der Waals surface area contributed by atoms with E-state index >= 15 is 0 Å². The SMILES string of the molecule is Cc1ccc(C(NC(=O)C2CCN(Cc3nc(-c4cccc(Cl)c4)no3)CC2)C(C)C)c(C)c1. The van der Waals surface area contributed by atoms with Crippen LogP contribution in [0.1, 0.15) is 55.3 Å². The molecule has 0 saturated carbocycles. The summed E-state index contributed by atoms with van der Waals surface area (Å²) in [5.41, 5.74) is 4.51. The Kier molecular flexibility index (Phi) is 7.69. The standard InChI is InChI=1S/C27H33ClN4O2/c1-17(2)25(23-9-8-18(3)14-19(23)4)30-27(33)20-10-12-32(13-11-20)16-24-29-26(31-34-24)21-6-5-7-22(28)15-21/h5-9,14-15,17,20,25H,10-13,16H2,1-4H3,(H,30,33). The molecule has 0 bridgehead atoms. The number of piperidine rings is 1. The summed E-state index contributed by atoms with van der Waals surface area (Å²) in [6.07, 6.45) is 1.64. The van der Waals surface area contributed by atoms with Crippen LogP contribution >= 0.6 is 11.6 Å². The van der Waals surface area contributed by atoms with Gasteiger partial charge in [0.2, 0.25) is 17.6 Å². The molecule has 1 N–H and O–H groups in total. The zero-order valence-electron chi connectivity index (χ0n) is 20.3. The minimum absolute atomic E-state index is 0.0213. The molecule has 1 unspecified atom stereocenters. The molecular weight excluding hydrogens is 448 g/mol. The van der Waals surface area contributed by atoms with E-state index in [2.05, 4.69) is 66.3 Å². The molecule has 2 heterocycles.